The zero-order valence-electron chi connectivity index (χ0n) is 11.5. The van der Waals surface area contributed by atoms with Gasteiger partial charge in [0, 0.05) is 6.42 Å². The summed E-state index contributed by atoms with van der Waals surface area (Å²) in [5.74, 6) is 7.20. The fourth-order valence-corrected chi connectivity index (χ4v) is 2.52. The molecule has 7 nitrogen and oxygen atoms in total. The molecule has 2 heterocycles. The Hall–Kier alpha value is -2.12. The molecule has 0 radical (unpaired) electrons. The number of hydrogen-bond acceptors (Lipinski definition) is 6. The van der Waals surface area contributed by atoms with Gasteiger partial charge in [0.1, 0.15) is 17.7 Å². The van der Waals surface area contributed by atoms with Crippen LogP contribution in [0.5, 0.6) is 5.75 Å². The molecule has 0 saturated heterocycles. The standard InChI is InChI=1S/C13H18N6O/c1-13(18-14)7-11(19-12(17-13)15-8-16-19)9-3-5-10(20-2)6-4-9/h3-6,8,11,18H,7,14H2,1-2H3,(H,15,16,17)/t11-,13+/m1/s1. The van der Waals surface area contributed by atoms with Crippen molar-refractivity contribution in [3.05, 3.63) is 36.2 Å². The number of ether oxygens (including phenoxy) is 1. The third-order valence-corrected chi connectivity index (χ3v) is 3.68. The highest BCUT2D eigenvalue weighted by Crippen LogP contribution is 2.34. The first-order valence-corrected chi connectivity index (χ1v) is 6.44. The SMILES string of the molecule is COc1ccc([C@H]2C[C@](C)(NN)Nc3ncnn32)cc1. The topological polar surface area (TPSA) is 90.0 Å². The number of nitrogens with one attached hydrogen (secondary N) is 2. The molecule has 0 fully saturated rings. The first kappa shape index (κ1) is 12.9. The minimum Gasteiger partial charge on any atom is -0.497 e. The highest BCUT2D eigenvalue weighted by atomic mass is 16.5. The van der Waals surface area contributed by atoms with Gasteiger partial charge in [0.2, 0.25) is 5.95 Å². The van der Waals surface area contributed by atoms with Crippen molar-refractivity contribution in [2.75, 3.05) is 12.4 Å². The second-order valence-electron chi connectivity index (χ2n) is 5.12. The van der Waals surface area contributed by atoms with Crippen LogP contribution in [0.3, 0.4) is 0 Å². The van der Waals surface area contributed by atoms with Crippen molar-refractivity contribution in [1.29, 1.82) is 0 Å². The van der Waals surface area contributed by atoms with E-state index in [9.17, 15) is 0 Å². The van der Waals surface area contributed by atoms with Crippen molar-refractivity contribution in [1.82, 2.24) is 20.2 Å². The third kappa shape index (κ3) is 2.10. The molecular formula is C13H18N6O. The molecule has 0 bridgehead atoms. The van der Waals surface area contributed by atoms with Crippen LogP contribution in [-0.2, 0) is 0 Å². The highest BCUT2D eigenvalue weighted by Gasteiger charge is 2.36. The van der Waals surface area contributed by atoms with Gasteiger partial charge in [-0.25, -0.2) is 10.1 Å². The molecule has 0 spiro atoms. The Kier molecular flexibility index (Phi) is 3.07. The third-order valence-electron chi connectivity index (χ3n) is 3.68. The van der Waals surface area contributed by atoms with Gasteiger partial charge in [0.15, 0.2) is 0 Å². The molecule has 106 valence electrons. The van der Waals surface area contributed by atoms with Gasteiger partial charge in [-0.15, -0.1) is 0 Å². The van der Waals surface area contributed by atoms with E-state index in [2.05, 4.69) is 20.8 Å². The summed E-state index contributed by atoms with van der Waals surface area (Å²) in [5.41, 5.74) is 3.53. The number of nitrogens with two attached hydrogens (primary N) is 1. The molecule has 1 aliphatic heterocycles. The fourth-order valence-electron chi connectivity index (χ4n) is 2.52. The predicted octanol–water partition coefficient (Wildman–Crippen LogP) is 0.871. The molecule has 1 aromatic carbocycles. The zero-order valence-corrected chi connectivity index (χ0v) is 11.5. The lowest BCUT2D eigenvalue weighted by Crippen LogP contribution is -2.56. The van der Waals surface area contributed by atoms with E-state index in [-0.39, 0.29) is 6.04 Å². The number of hydrazine groups is 1. The van der Waals surface area contributed by atoms with Crippen molar-refractivity contribution in [2.24, 2.45) is 5.84 Å². The van der Waals surface area contributed by atoms with Gasteiger partial charge in [-0.2, -0.15) is 10.1 Å². The molecule has 0 amide bonds. The molecule has 3 rings (SSSR count). The molecule has 20 heavy (non-hydrogen) atoms. The second kappa shape index (κ2) is 4.77. The van der Waals surface area contributed by atoms with Crippen molar-refractivity contribution in [3.8, 4) is 5.75 Å². The average Bonchev–Trinajstić information content (AvgIpc) is 2.94. The van der Waals surface area contributed by atoms with Gasteiger partial charge in [-0.1, -0.05) is 12.1 Å². The molecule has 1 aliphatic rings. The van der Waals surface area contributed by atoms with E-state index in [1.54, 1.807) is 13.4 Å². The number of fused-ring (bicyclic) bond motifs is 1. The summed E-state index contributed by atoms with van der Waals surface area (Å²) in [7, 11) is 1.66. The molecule has 1 aromatic heterocycles. The van der Waals surface area contributed by atoms with Crippen LogP contribution in [-0.4, -0.2) is 27.5 Å². The second-order valence-corrected chi connectivity index (χ2v) is 5.12. The minimum absolute atomic E-state index is 0.0701. The predicted molar refractivity (Wildman–Crippen MR) is 75.1 cm³/mol. The van der Waals surface area contributed by atoms with Crippen molar-refractivity contribution in [3.63, 3.8) is 0 Å². The summed E-state index contributed by atoms with van der Waals surface area (Å²) in [6.45, 7) is 2.00. The number of nitrogens with zero attached hydrogens (tertiary/aromatic N) is 3. The molecule has 7 heteroatoms. The summed E-state index contributed by atoms with van der Waals surface area (Å²) in [5, 5.41) is 7.55. The quantitative estimate of drug-likeness (QED) is 0.568. The Morgan fingerprint density at radius 1 is 1.45 bits per heavy atom. The molecule has 0 saturated carbocycles. The molecule has 2 aromatic rings. The molecule has 4 N–H and O–H groups in total. The number of hydrogen-bond donors (Lipinski definition) is 3. The highest BCUT2D eigenvalue weighted by molar-refractivity contribution is 5.37. The number of aromatic nitrogens is 3. The number of methoxy groups -OCH3 is 1. The average molecular weight is 274 g/mol. The van der Waals surface area contributed by atoms with E-state index >= 15 is 0 Å². The van der Waals surface area contributed by atoms with Crippen molar-refractivity contribution in [2.45, 2.75) is 25.0 Å². The number of anilines is 1. The number of rotatable bonds is 3. The Balaban J connectivity index is 1.99. The van der Waals surface area contributed by atoms with E-state index in [1.807, 2.05) is 35.9 Å². The first-order chi connectivity index (χ1) is 9.65. The summed E-state index contributed by atoms with van der Waals surface area (Å²) >= 11 is 0. The Bertz CT molecular complexity index is 595. The Morgan fingerprint density at radius 2 is 2.20 bits per heavy atom. The van der Waals surface area contributed by atoms with Crippen LogP contribution in [0.25, 0.3) is 0 Å². The summed E-state index contributed by atoms with van der Waals surface area (Å²) in [6, 6.07) is 8.04. The normalized spacial score (nSPS) is 24.9. The van der Waals surface area contributed by atoms with Gasteiger partial charge < -0.3 is 10.1 Å². The summed E-state index contributed by atoms with van der Waals surface area (Å²) < 4.78 is 7.07. The Morgan fingerprint density at radius 3 is 2.85 bits per heavy atom. The van der Waals surface area contributed by atoms with Crippen LogP contribution in [0.1, 0.15) is 24.9 Å². The maximum atomic E-state index is 5.66. The lowest BCUT2D eigenvalue weighted by atomic mass is 9.94. The van der Waals surface area contributed by atoms with Crippen LogP contribution in [0, 0.1) is 0 Å². The van der Waals surface area contributed by atoms with Crippen molar-refractivity contribution >= 4 is 5.95 Å². The van der Waals surface area contributed by atoms with Gasteiger partial charge in [0.25, 0.3) is 0 Å². The van der Waals surface area contributed by atoms with E-state index in [4.69, 9.17) is 10.6 Å². The fraction of sp³-hybridized carbons (Fsp3) is 0.385. The largest absolute Gasteiger partial charge is 0.497 e. The molecule has 0 unspecified atom stereocenters. The van der Waals surface area contributed by atoms with Crippen LogP contribution in [0.2, 0.25) is 0 Å². The first-order valence-electron chi connectivity index (χ1n) is 6.44. The van der Waals surface area contributed by atoms with Crippen LogP contribution >= 0.6 is 0 Å². The van der Waals surface area contributed by atoms with Gasteiger partial charge >= 0.3 is 0 Å². The lowest BCUT2D eigenvalue weighted by molar-refractivity contribution is 0.293. The minimum atomic E-state index is -0.423. The molecular weight excluding hydrogens is 256 g/mol. The van der Waals surface area contributed by atoms with Crippen molar-refractivity contribution < 1.29 is 4.74 Å². The maximum Gasteiger partial charge on any atom is 0.223 e. The van der Waals surface area contributed by atoms with Crippen LogP contribution < -0.4 is 21.3 Å². The number of benzene rings is 1. The van der Waals surface area contributed by atoms with Gasteiger partial charge in [-0.3, -0.25) is 5.84 Å². The van der Waals surface area contributed by atoms with Gasteiger partial charge in [-0.05, 0) is 24.6 Å². The molecule has 0 aliphatic carbocycles. The van der Waals surface area contributed by atoms with Crippen LogP contribution in [0.15, 0.2) is 30.6 Å². The van der Waals surface area contributed by atoms with E-state index in [0.717, 1.165) is 17.7 Å². The van der Waals surface area contributed by atoms with E-state index in [1.165, 1.54) is 0 Å². The smallest absolute Gasteiger partial charge is 0.223 e. The van der Waals surface area contributed by atoms with Crippen LogP contribution in [0.4, 0.5) is 5.95 Å². The lowest BCUT2D eigenvalue weighted by Gasteiger charge is -2.39. The Labute approximate surface area is 117 Å². The van der Waals surface area contributed by atoms with E-state index < -0.39 is 5.66 Å². The monoisotopic (exact) mass is 274 g/mol. The van der Waals surface area contributed by atoms with E-state index in [0.29, 0.717) is 5.95 Å². The van der Waals surface area contributed by atoms with Gasteiger partial charge in [0.05, 0.1) is 13.2 Å². The maximum absolute atomic E-state index is 5.66. The molecule has 2 atom stereocenters. The zero-order chi connectivity index (χ0) is 14.2. The summed E-state index contributed by atoms with van der Waals surface area (Å²) in [6.07, 6.45) is 2.30. The summed E-state index contributed by atoms with van der Waals surface area (Å²) in [4.78, 5) is 4.23.